The van der Waals surface area contributed by atoms with Crippen molar-refractivity contribution in [2.45, 2.75) is 6.54 Å². The molecule has 0 saturated carbocycles. The number of aliphatic hydroxyl groups excluding tert-OH is 1. The van der Waals surface area contributed by atoms with Crippen molar-refractivity contribution in [1.29, 1.82) is 5.26 Å². The average Bonchev–Trinajstić information content (AvgIpc) is 2.82. The number of anilines is 1. The molecular formula is C23H17ClFN5O2. The summed E-state index contributed by atoms with van der Waals surface area (Å²) in [5, 5.41) is 26.1. The van der Waals surface area contributed by atoms with Crippen LogP contribution in [-0.4, -0.2) is 33.0 Å². The lowest BCUT2D eigenvalue weighted by molar-refractivity contribution is 0.311. The summed E-state index contributed by atoms with van der Waals surface area (Å²) in [7, 11) is 0. The number of hydrogen-bond donors (Lipinski definition) is 2. The first-order chi connectivity index (χ1) is 15.5. The van der Waals surface area contributed by atoms with E-state index in [0.29, 0.717) is 16.3 Å². The molecule has 0 atom stereocenters. The van der Waals surface area contributed by atoms with Gasteiger partial charge in [-0.05, 0) is 29.8 Å². The van der Waals surface area contributed by atoms with Crippen LogP contribution in [-0.2, 0) is 6.54 Å². The zero-order chi connectivity index (χ0) is 22.7. The summed E-state index contributed by atoms with van der Waals surface area (Å²) in [5.74, 6) is -0.701. The van der Waals surface area contributed by atoms with Crippen LogP contribution in [0.2, 0.25) is 5.02 Å². The predicted octanol–water partition coefficient (Wildman–Crippen LogP) is 3.58. The molecule has 0 aliphatic heterocycles. The number of pyridine rings is 1. The number of rotatable bonds is 6. The standard InChI is InChI=1S/C23H17ClFN5O2/c24-19-11-18(21(25)28-22(19)27-9-10-31)20-16-3-1-2-4-17(16)23(32)30(29-20)13-15-7-5-14(12-26)6-8-15/h1-8,11,31H,9-10,13H2,(H,27,28). The van der Waals surface area contributed by atoms with E-state index in [9.17, 15) is 9.18 Å². The molecule has 0 spiro atoms. The summed E-state index contributed by atoms with van der Waals surface area (Å²) in [5.41, 5.74) is 1.23. The maximum atomic E-state index is 15.0. The fraction of sp³-hybridized carbons (Fsp3) is 0.130. The molecule has 0 radical (unpaired) electrons. The molecule has 0 amide bonds. The molecule has 2 heterocycles. The van der Waals surface area contributed by atoms with Gasteiger partial charge in [-0.25, -0.2) is 9.67 Å². The van der Waals surface area contributed by atoms with Gasteiger partial charge in [0.25, 0.3) is 5.56 Å². The zero-order valence-electron chi connectivity index (χ0n) is 16.7. The van der Waals surface area contributed by atoms with Crippen molar-refractivity contribution in [3.8, 4) is 17.3 Å². The Morgan fingerprint density at radius 3 is 2.56 bits per heavy atom. The Balaban J connectivity index is 1.86. The topological polar surface area (TPSA) is 104 Å². The fourth-order valence-electron chi connectivity index (χ4n) is 3.33. The first-order valence-electron chi connectivity index (χ1n) is 9.72. The quantitative estimate of drug-likeness (QED) is 0.436. The summed E-state index contributed by atoms with van der Waals surface area (Å²) >= 11 is 6.27. The molecule has 2 aromatic carbocycles. The highest BCUT2D eigenvalue weighted by Crippen LogP contribution is 2.31. The number of halogens is 2. The van der Waals surface area contributed by atoms with E-state index in [1.54, 1.807) is 48.5 Å². The van der Waals surface area contributed by atoms with Gasteiger partial charge in [-0.3, -0.25) is 4.79 Å². The van der Waals surface area contributed by atoms with Gasteiger partial charge in [-0.1, -0.05) is 41.9 Å². The van der Waals surface area contributed by atoms with Crippen LogP contribution in [0.5, 0.6) is 0 Å². The van der Waals surface area contributed by atoms with Crippen LogP contribution < -0.4 is 10.9 Å². The smallest absolute Gasteiger partial charge is 0.274 e. The molecule has 0 bridgehead atoms. The Morgan fingerprint density at radius 1 is 1.16 bits per heavy atom. The minimum Gasteiger partial charge on any atom is -0.395 e. The van der Waals surface area contributed by atoms with Gasteiger partial charge in [0, 0.05) is 11.9 Å². The summed E-state index contributed by atoms with van der Waals surface area (Å²) in [6, 6.07) is 17.0. The third-order valence-electron chi connectivity index (χ3n) is 4.87. The average molecular weight is 450 g/mol. The SMILES string of the molecule is N#Cc1ccc(Cn2nc(-c3cc(Cl)c(NCCO)nc3F)c3ccccc3c2=O)cc1. The molecule has 2 aromatic heterocycles. The Bertz CT molecular complexity index is 1400. The highest BCUT2D eigenvalue weighted by Gasteiger charge is 2.18. The third kappa shape index (κ3) is 4.17. The molecule has 160 valence electrons. The van der Waals surface area contributed by atoms with Crippen LogP contribution in [0.25, 0.3) is 22.0 Å². The van der Waals surface area contributed by atoms with Gasteiger partial charge < -0.3 is 10.4 Å². The Morgan fingerprint density at radius 2 is 1.88 bits per heavy atom. The van der Waals surface area contributed by atoms with Crippen LogP contribution in [0.4, 0.5) is 10.2 Å². The lowest BCUT2D eigenvalue weighted by atomic mass is 10.1. The molecule has 32 heavy (non-hydrogen) atoms. The maximum absolute atomic E-state index is 15.0. The van der Waals surface area contributed by atoms with Crippen molar-refractivity contribution in [2.24, 2.45) is 0 Å². The molecule has 9 heteroatoms. The van der Waals surface area contributed by atoms with E-state index in [1.165, 1.54) is 10.7 Å². The van der Waals surface area contributed by atoms with Gasteiger partial charge in [0.2, 0.25) is 5.95 Å². The first kappa shape index (κ1) is 21.4. The number of hydrogen-bond acceptors (Lipinski definition) is 6. The zero-order valence-corrected chi connectivity index (χ0v) is 17.5. The van der Waals surface area contributed by atoms with Crippen molar-refractivity contribution >= 4 is 28.2 Å². The minimum absolute atomic E-state index is 0.0503. The summed E-state index contributed by atoms with van der Waals surface area (Å²) in [4.78, 5) is 16.9. The molecule has 0 unspecified atom stereocenters. The van der Waals surface area contributed by atoms with Crippen LogP contribution in [0.15, 0.2) is 59.4 Å². The van der Waals surface area contributed by atoms with E-state index in [-0.39, 0.29) is 47.4 Å². The van der Waals surface area contributed by atoms with E-state index >= 15 is 0 Å². The van der Waals surface area contributed by atoms with Crippen molar-refractivity contribution in [1.82, 2.24) is 14.8 Å². The molecule has 4 rings (SSSR count). The summed E-state index contributed by atoms with van der Waals surface area (Å²) in [6.07, 6.45) is 0. The largest absolute Gasteiger partial charge is 0.395 e. The fourth-order valence-corrected chi connectivity index (χ4v) is 3.55. The minimum atomic E-state index is -0.809. The number of benzene rings is 2. The number of aromatic nitrogens is 3. The van der Waals surface area contributed by atoms with Gasteiger partial charge in [0.1, 0.15) is 11.5 Å². The first-order valence-corrected chi connectivity index (χ1v) is 10.1. The second-order valence-electron chi connectivity index (χ2n) is 6.97. The Kier molecular flexibility index (Phi) is 6.12. The van der Waals surface area contributed by atoms with Crippen molar-refractivity contribution in [3.63, 3.8) is 0 Å². The normalized spacial score (nSPS) is 10.8. The number of nitrogens with one attached hydrogen (secondary N) is 1. The number of aliphatic hydroxyl groups is 1. The number of nitriles is 1. The lowest BCUT2D eigenvalue weighted by Crippen LogP contribution is -2.24. The molecule has 7 nitrogen and oxygen atoms in total. The highest BCUT2D eigenvalue weighted by atomic mass is 35.5. The van der Waals surface area contributed by atoms with E-state index in [1.807, 2.05) is 6.07 Å². The monoisotopic (exact) mass is 449 g/mol. The van der Waals surface area contributed by atoms with Crippen molar-refractivity contribution in [3.05, 3.63) is 87.0 Å². The maximum Gasteiger partial charge on any atom is 0.274 e. The molecule has 0 saturated heterocycles. The number of nitrogens with zero attached hydrogens (tertiary/aromatic N) is 4. The van der Waals surface area contributed by atoms with E-state index in [0.717, 1.165) is 5.56 Å². The van der Waals surface area contributed by atoms with Gasteiger partial charge in [0.05, 0.1) is 40.8 Å². The highest BCUT2D eigenvalue weighted by molar-refractivity contribution is 6.33. The van der Waals surface area contributed by atoms with Crippen molar-refractivity contribution in [2.75, 3.05) is 18.5 Å². The Labute approximate surface area is 187 Å². The summed E-state index contributed by atoms with van der Waals surface area (Å²) in [6.45, 7) is 0.150. The second kappa shape index (κ2) is 9.14. The van der Waals surface area contributed by atoms with E-state index in [2.05, 4.69) is 15.4 Å². The predicted molar refractivity (Wildman–Crippen MR) is 120 cm³/mol. The van der Waals surface area contributed by atoms with E-state index in [4.69, 9.17) is 22.0 Å². The van der Waals surface area contributed by atoms with Crippen LogP contribution in [0.1, 0.15) is 11.1 Å². The third-order valence-corrected chi connectivity index (χ3v) is 5.16. The molecule has 0 fully saturated rings. The van der Waals surface area contributed by atoms with Gasteiger partial charge in [-0.2, -0.15) is 14.8 Å². The van der Waals surface area contributed by atoms with Crippen LogP contribution >= 0.6 is 11.6 Å². The van der Waals surface area contributed by atoms with Gasteiger partial charge in [0.15, 0.2) is 0 Å². The van der Waals surface area contributed by atoms with E-state index < -0.39 is 5.95 Å². The Hall–Kier alpha value is -3.80. The molecule has 0 aliphatic carbocycles. The van der Waals surface area contributed by atoms with Crippen molar-refractivity contribution < 1.29 is 9.50 Å². The van der Waals surface area contributed by atoms with Crippen LogP contribution in [0, 0.1) is 17.3 Å². The molecule has 0 aliphatic rings. The molecular weight excluding hydrogens is 433 g/mol. The van der Waals surface area contributed by atoms with Gasteiger partial charge in [-0.15, -0.1) is 0 Å². The molecule has 2 N–H and O–H groups in total. The summed E-state index contributed by atoms with van der Waals surface area (Å²) < 4.78 is 16.2. The van der Waals surface area contributed by atoms with Gasteiger partial charge >= 0.3 is 0 Å². The number of fused-ring (bicyclic) bond motifs is 1. The lowest BCUT2D eigenvalue weighted by Gasteiger charge is -2.13. The molecule has 4 aromatic rings. The van der Waals surface area contributed by atoms with Crippen LogP contribution in [0.3, 0.4) is 0 Å². The second-order valence-corrected chi connectivity index (χ2v) is 7.38.